The average molecular weight is 592 g/mol. The zero-order valence-corrected chi connectivity index (χ0v) is 24.9. The largest absolute Gasteiger partial charge is 0.497 e. The molecule has 0 aliphatic carbocycles. The summed E-state index contributed by atoms with van der Waals surface area (Å²) < 4.78 is 9.12. The molecule has 42 heavy (non-hydrogen) atoms. The lowest BCUT2D eigenvalue weighted by atomic mass is 10.1. The highest BCUT2D eigenvalue weighted by Gasteiger charge is 2.25. The average Bonchev–Trinajstić information content (AvgIpc) is 3.18. The van der Waals surface area contributed by atoms with Crippen LogP contribution in [-0.2, 0) is 11.2 Å². The monoisotopic (exact) mass is 591 g/mol. The second-order valence-corrected chi connectivity index (χ2v) is 11.3. The van der Waals surface area contributed by atoms with Crippen molar-refractivity contribution in [2.45, 2.75) is 26.2 Å². The third kappa shape index (κ3) is 7.05. The lowest BCUT2D eigenvalue weighted by molar-refractivity contribution is -0.130. The molecule has 0 saturated carbocycles. The molecule has 0 radical (unpaired) electrons. The number of carbonyl (C=O) groups excluding carboxylic acids is 3. The topological polar surface area (TPSA) is 120 Å². The van der Waals surface area contributed by atoms with Crippen molar-refractivity contribution in [3.63, 3.8) is 0 Å². The molecule has 0 bridgehead atoms. The van der Waals surface area contributed by atoms with E-state index >= 15 is 0 Å². The van der Waals surface area contributed by atoms with Crippen molar-refractivity contribution in [2.75, 3.05) is 69.7 Å². The predicted molar refractivity (Wildman–Crippen MR) is 163 cm³/mol. The number of amides is 3. The minimum Gasteiger partial charge on any atom is -0.497 e. The highest BCUT2D eigenvalue weighted by molar-refractivity contribution is 7.08. The van der Waals surface area contributed by atoms with Crippen molar-refractivity contribution in [3.8, 4) is 5.75 Å². The van der Waals surface area contributed by atoms with Crippen molar-refractivity contribution in [1.29, 1.82) is 0 Å². The summed E-state index contributed by atoms with van der Waals surface area (Å²) in [5.41, 5.74) is 3.41. The lowest BCUT2D eigenvalue weighted by Crippen LogP contribution is -2.36. The van der Waals surface area contributed by atoms with Gasteiger partial charge in [0, 0.05) is 51.4 Å². The summed E-state index contributed by atoms with van der Waals surface area (Å²) in [6, 6.07) is 13.1. The van der Waals surface area contributed by atoms with Gasteiger partial charge in [-0.1, -0.05) is 16.6 Å². The number of hydrogen-bond acceptors (Lipinski definition) is 9. The number of ether oxygens (including phenoxy) is 1. The molecule has 0 spiro atoms. The van der Waals surface area contributed by atoms with Crippen LogP contribution in [0.15, 0.2) is 42.5 Å². The van der Waals surface area contributed by atoms with E-state index in [-0.39, 0.29) is 17.7 Å². The number of anilines is 2. The molecule has 2 aliphatic heterocycles. The van der Waals surface area contributed by atoms with Crippen LogP contribution in [0.25, 0.3) is 0 Å². The minimum atomic E-state index is -0.307. The maximum atomic E-state index is 13.4. The number of benzene rings is 2. The number of aryl methyl sites for hydroxylation is 1. The molecule has 1 aromatic heterocycles. The number of hydrogen-bond donors (Lipinski definition) is 2. The molecule has 2 aliphatic rings. The van der Waals surface area contributed by atoms with Crippen LogP contribution in [0.2, 0.25) is 0 Å². The van der Waals surface area contributed by atoms with Crippen LogP contribution in [0.4, 0.5) is 11.4 Å². The van der Waals surface area contributed by atoms with Crippen LogP contribution in [-0.4, -0.2) is 96.6 Å². The van der Waals surface area contributed by atoms with Crippen LogP contribution in [0.3, 0.4) is 0 Å². The van der Waals surface area contributed by atoms with E-state index in [1.165, 1.54) is 0 Å². The first kappa shape index (κ1) is 29.5. The molecule has 222 valence electrons. The van der Waals surface area contributed by atoms with Gasteiger partial charge in [0.1, 0.15) is 10.6 Å². The summed E-state index contributed by atoms with van der Waals surface area (Å²) in [6.45, 7) is 7.24. The molecule has 11 nitrogen and oxygen atoms in total. The number of nitrogens with zero attached hydrogens (tertiary/aromatic N) is 5. The first-order valence-corrected chi connectivity index (χ1v) is 15.1. The van der Waals surface area contributed by atoms with Crippen LogP contribution >= 0.6 is 11.5 Å². The Bertz CT molecular complexity index is 1400. The van der Waals surface area contributed by atoms with Gasteiger partial charge >= 0.3 is 0 Å². The Kier molecular flexibility index (Phi) is 9.65. The fourth-order valence-electron chi connectivity index (χ4n) is 5.33. The van der Waals surface area contributed by atoms with E-state index in [1.54, 1.807) is 20.1 Å². The van der Waals surface area contributed by atoms with E-state index in [1.807, 2.05) is 46.2 Å². The second-order valence-electron chi connectivity index (χ2n) is 10.5. The summed E-state index contributed by atoms with van der Waals surface area (Å²) in [6.07, 6.45) is 2.00. The number of carbonyl (C=O) groups is 3. The Labute approximate surface area is 250 Å². The van der Waals surface area contributed by atoms with Gasteiger partial charge in [-0.3, -0.25) is 14.4 Å². The molecule has 2 saturated heterocycles. The van der Waals surface area contributed by atoms with Gasteiger partial charge in [0.15, 0.2) is 0 Å². The van der Waals surface area contributed by atoms with E-state index < -0.39 is 0 Å². The molecular formula is C30H37N7O4S. The van der Waals surface area contributed by atoms with Gasteiger partial charge in [-0.2, -0.15) is 0 Å². The van der Waals surface area contributed by atoms with Crippen molar-refractivity contribution >= 4 is 40.6 Å². The third-order valence-electron chi connectivity index (χ3n) is 7.68. The Balaban J connectivity index is 1.34. The molecule has 3 heterocycles. The summed E-state index contributed by atoms with van der Waals surface area (Å²) in [5.74, 6) is 0.482. The summed E-state index contributed by atoms with van der Waals surface area (Å²) in [4.78, 5) is 46.2. The SMILES string of the molecule is COc1ccc(CC(=O)N2CCCN(c3ccc(C(=O)N4CCCNCC4)cc3NC(=O)c3snnc3C)CC2)cc1. The molecule has 2 N–H and O–H groups in total. The predicted octanol–water partition coefficient (Wildman–Crippen LogP) is 2.82. The highest BCUT2D eigenvalue weighted by Crippen LogP contribution is 2.30. The van der Waals surface area contributed by atoms with Gasteiger partial charge in [0.25, 0.3) is 11.8 Å². The Hall–Kier alpha value is -4.03. The van der Waals surface area contributed by atoms with E-state index in [9.17, 15) is 14.4 Å². The van der Waals surface area contributed by atoms with Gasteiger partial charge in [-0.05, 0) is 73.7 Å². The number of rotatable bonds is 7. The fraction of sp³-hybridized carbons (Fsp3) is 0.433. The first-order chi connectivity index (χ1) is 20.4. The van der Waals surface area contributed by atoms with Gasteiger partial charge in [-0.25, -0.2) is 0 Å². The van der Waals surface area contributed by atoms with Crippen molar-refractivity contribution in [2.24, 2.45) is 0 Å². The molecule has 3 aromatic rings. The van der Waals surface area contributed by atoms with E-state index in [2.05, 4.69) is 25.1 Å². The number of nitrogens with one attached hydrogen (secondary N) is 2. The van der Waals surface area contributed by atoms with Crippen LogP contribution in [0.5, 0.6) is 5.75 Å². The smallest absolute Gasteiger partial charge is 0.269 e. The van der Waals surface area contributed by atoms with E-state index in [0.29, 0.717) is 67.5 Å². The van der Waals surface area contributed by atoms with Crippen LogP contribution in [0, 0.1) is 6.92 Å². The normalized spacial score (nSPS) is 16.0. The van der Waals surface area contributed by atoms with Gasteiger partial charge < -0.3 is 30.1 Å². The molecule has 0 atom stereocenters. The van der Waals surface area contributed by atoms with Crippen LogP contribution in [0.1, 0.15) is 44.1 Å². The fourth-order valence-corrected chi connectivity index (χ4v) is 5.88. The molecule has 5 rings (SSSR count). The van der Waals surface area contributed by atoms with Gasteiger partial charge in [0.2, 0.25) is 5.91 Å². The summed E-state index contributed by atoms with van der Waals surface area (Å²) in [7, 11) is 1.62. The maximum absolute atomic E-state index is 13.4. The van der Waals surface area contributed by atoms with Crippen LogP contribution < -0.4 is 20.3 Å². The first-order valence-electron chi connectivity index (χ1n) is 14.3. The van der Waals surface area contributed by atoms with E-state index in [4.69, 9.17) is 4.74 Å². The molecule has 0 unspecified atom stereocenters. The zero-order chi connectivity index (χ0) is 29.5. The van der Waals surface area contributed by atoms with Gasteiger partial charge in [0.05, 0.1) is 30.6 Å². The zero-order valence-electron chi connectivity index (χ0n) is 24.1. The highest BCUT2D eigenvalue weighted by atomic mass is 32.1. The Morgan fingerprint density at radius 3 is 2.52 bits per heavy atom. The summed E-state index contributed by atoms with van der Waals surface area (Å²) >= 11 is 1.04. The van der Waals surface area contributed by atoms with Crippen molar-refractivity contribution in [3.05, 3.63) is 64.2 Å². The summed E-state index contributed by atoms with van der Waals surface area (Å²) in [5, 5.41) is 10.3. The maximum Gasteiger partial charge on any atom is 0.269 e. The Morgan fingerprint density at radius 1 is 0.952 bits per heavy atom. The quantitative estimate of drug-likeness (QED) is 0.431. The standard InChI is InChI=1S/C30H37N7O4S/c1-21-28(42-34-33-21)29(39)32-25-20-23(30(40)37-13-3-11-31-12-16-37)7-10-26(25)35-14-4-15-36(18-17-35)27(38)19-22-5-8-24(41-2)9-6-22/h5-10,20,31H,3-4,11-19H2,1-2H3,(H,32,39). The minimum absolute atomic E-state index is 0.0532. The lowest BCUT2D eigenvalue weighted by Gasteiger charge is -2.27. The Morgan fingerprint density at radius 2 is 1.76 bits per heavy atom. The number of aromatic nitrogens is 2. The van der Waals surface area contributed by atoms with Crippen molar-refractivity contribution < 1.29 is 19.1 Å². The van der Waals surface area contributed by atoms with E-state index in [0.717, 1.165) is 54.5 Å². The third-order valence-corrected chi connectivity index (χ3v) is 8.51. The molecular weight excluding hydrogens is 554 g/mol. The number of methoxy groups -OCH3 is 1. The molecule has 2 fully saturated rings. The second kappa shape index (κ2) is 13.8. The van der Waals surface area contributed by atoms with Gasteiger partial charge in [-0.15, -0.1) is 5.10 Å². The molecule has 2 aromatic carbocycles. The van der Waals surface area contributed by atoms with Crippen molar-refractivity contribution in [1.82, 2.24) is 24.7 Å². The molecule has 12 heteroatoms. The molecule has 3 amide bonds.